The number of hydrogen-bond donors (Lipinski definition) is 1. The van der Waals surface area contributed by atoms with Crippen molar-refractivity contribution in [2.24, 2.45) is 0 Å². The molecule has 3 rings (SSSR count). The number of likely N-dealkylation sites (N-methyl/N-ethyl adjacent to an activating group) is 1. The van der Waals surface area contributed by atoms with Crippen molar-refractivity contribution in [3.8, 4) is 0 Å². The van der Waals surface area contributed by atoms with E-state index in [0.717, 1.165) is 22.0 Å². The zero-order chi connectivity index (χ0) is 21.2. The molecule has 0 unspecified atom stereocenters. The number of carbonyl (C=O) groups is 2. The van der Waals surface area contributed by atoms with Crippen LogP contribution >= 0.6 is 0 Å². The first-order valence-corrected chi connectivity index (χ1v) is 10.6. The van der Waals surface area contributed by atoms with E-state index in [0.29, 0.717) is 18.7 Å². The third-order valence-corrected chi connectivity index (χ3v) is 6.55. The van der Waals surface area contributed by atoms with Gasteiger partial charge in [-0.15, -0.1) is 0 Å². The molecule has 2 amide bonds. The zero-order valence-electron chi connectivity index (χ0n) is 16.2. The Morgan fingerprint density at radius 3 is 2.52 bits per heavy atom. The van der Waals surface area contributed by atoms with Crippen LogP contribution in [0.4, 0.5) is 15.8 Å². The number of fused-ring (bicyclic) bond motifs is 1. The minimum atomic E-state index is -3.90. The minimum Gasteiger partial charge on any atom is -0.325 e. The Hall–Kier alpha value is -2.78. The van der Waals surface area contributed by atoms with Crippen molar-refractivity contribution in [1.82, 2.24) is 4.31 Å². The lowest BCUT2D eigenvalue weighted by Crippen LogP contribution is -2.36. The van der Waals surface area contributed by atoms with Gasteiger partial charge in [-0.1, -0.05) is 0 Å². The normalized spacial score (nSPS) is 13.9. The van der Waals surface area contributed by atoms with Gasteiger partial charge in [0.1, 0.15) is 5.82 Å². The molecule has 1 aliphatic rings. The molecule has 0 bridgehead atoms. The van der Waals surface area contributed by atoms with Crippen LogP contribution in [0.2, 0.25) is 0 Å². The largest absolute Gasteiger partial charge is 0.325 e. The second-order valence-electron chi connectivity index (χ2n) is 6.88. The number of nitrogens with one attached hydrogen (secondary N) is 1. The third kappa shape index (κ3) is 4.63. The number of benzene rings is 2. The first-order valence-electron chi connectivity index (χ1n) is 9.11. The first kappa shape index (κ1) is 20.9. The van der Waals surface area contributed by atoms with Gasteiger partial charge in [0, 0.05) is 31.9 Å². The van der Waals surface area contributed by atoms with Crippen molar-refractivity contribution in [2.75, 3.05) is 30.4 Å². The van der Waals surface area contributed by atoms with E-state index in [1.807, 2.05) is 0 Å². The molecule has 0 atom stereocenters. The molecule has 0 aliphatic carbocycles. The number of anilines is 2. The van der Waals surface area contributed by atoms with Gasteiger partial charge in [0.15, 0.2) is 0 Å². The molecule has 0 spiro atoms. The lowest BCUT2D eigenvalue weighted by molar-refractivity contribution is -0.117. The fourth-order valence-electron chi connectivity index (χ4n) is 3.26. The van der Waals surface area contributed by atoms with Crippen LogP contribution < -0.4 is 10.2 Å². The second-order valence-corrected chi connectivity index (χ2v) is 8.93. The van der Waals surface area contributed by atoms with E-state index in [-0.39, 0.29) is 10.8 Å². The molecular formula is C20H22FN3O4S. The van der Waals surface area contributed by atoms with E-state index in [4.69, 9.17) is 0 Å². The van der Waals surface area contributed by atoms with Crippen molar-refractivity contribution >= 4 is 33.2 Å². The highest BCUT2D eigenvalue weighted by Gasteiger charge is 2.26. The van der Waals surface area contributed by atoms with Crippen LogP contribution in [0, 0.1) is 5.82 Å². The molecule has 1 heterocycles. The zero-order valence-corrected chi connectivity index (χ0v) is 17.0. The molecule has 2 aromatic rings. The topological polar surface area (TPSA) is 86.8 Å². The Balaban J connectivity index is 1.75. The molecule has 0 aromatic heterocycles. The molecule has 29 heavy (non-hydrogen) atoms. The molecule has 9 heteroatoms. The fraction of sp³-hybridized carbons (Fsp3) is 0.300. The van der Waals surface area contributed by atoms with E-state index < -0.39 is 28.3 Å². The summed E-state index contributed by atoms with van der Waals surface area (Å²) in [6.07, 6.45) is 1.43. The van der Waals surface area contributed by atoms with Gasteiger partial charge in [0.05, 0.1) is 11.4 Å². The standard InChI is InChI=1S/C20H22FN3O4S/c1-14(25)24-11-3-4-15-12-18(9-10-19(15)24)29(27,28)23(2)13-20(26)22-17-7-5-16(21)6-8-17/h5-10,12H,3-4,11,13H2,1-2H3,(H,22,26). The number of hydrogen-bond acceptors (Lipinski definition) is 4. The smallest absolute Gasteiger partial charge is 0.243 e. The number of amides is 2. The second kappa shape index (κ2) is 8.30. The van der Waals surface area contributed by atoms with Crippen molar-refractivity contribution in [3.05, 3.63) is 53.8 Å². The van der Waals surface area contributed by atoms with Crippen LogP contribution in [0.25, 0.3) is 0 Å². The summed E-state index contributed by atoms with van der Waals surface area (Å²) in [5.41, 5.74) is 1.89. The molecule has 0 saturated heterocycles. The van der Waals surface area contributed by atoms with Crippen molar-refractivity contribution in [1.29, 1.82) is 0 Å². The number of rotatable bonds is 5. The van der Waals surface area contributed by atoms with Gasteiger partial charge < -0.3 is 10.2 Å². The Bertz CT molecular complexity index is 1040. The molecule has 7 nitrogen and oxygen atoms in total. The van der Waals surface area contributed by atoms with Gasteiger partial charge >= 0.3 is 0 Å². The summed E-state index contributed by atoms with van der Waals surface area (Å²) in [5, 5.41) is 2.54. The van der Waals surface area contributed by atoms with Crippen LogP contribution in [0.15, 0.2) is 47.4 Å². The number of carbonyl (C=O) groups excluding carboxylic acids is 2. The van der Waals surface area contributed by atoms with Gasteiger partial charge in [0.25, 0.3) is 0 Å². The highest BCUT2D eigenvalue weighted by atomic mass is 32.2. The molecule has 0 saturated carbocycles. The summed E-state index contributed by atoms with van der Waals surface area (Å²) >= 11 is 0. The molecule has 2 aromatic carbocycles. The summed E-state index contributed by atoms with van der Waals surface area (Å²) in [6.45, 7) is 1.70. The average molecular weight is 419 g/mol. The Morgan fingerprint density at radius 1 is 1.17 bits per heavy atom. The van der Waals surface area contributed by atoms with Gasteiger partial charge in [-0.25, -0.2) is 12.8 Å². The lowest BCUT2D eigenvalue weighted by atomic mass is 10.0. The van der Waals surface area contributed by atoms with Crippen LogP contribution in [-0.2, 0) is 26.0 Å². The molecule has 0 radical (unpaired) electrons. The van der Waals surface area contributed by atoms with E-state index in [9.17, 15) is 22.4 Å². The predicted molar refractivity (Wildman–Crippen MR) is 108 cm³/mol. The Labute approximate surface area is 169 Å². The maximum Gasteiger partial charge on any atom is 0.243 e. The number of nitrogens with zero attached hydrogens (tertiary/aromatic N) is 2. The van der Waals surface area contributed by atoms with Gasteiger partial charge in [-0.2, -0.15) is 4.31 Å². The number of aryl methyl sites for hydroxylation is 1. The highest BCUT2D eigenvalue weighted by molar-refractivity contribution is 7.89. The summed E-state index contributed by atoms with van der Waals surface area (Å²) < 4.78 is 39.7. The monoisotopic (exact) mass is 419 g/mol. The third-order valence-electron chi connectivity index (χ3n) is 4.75. The van der Waals surface area contributed by atoms with E-state index in [1.165, 1.54) is 44.3 Å². The first-order chi connectivity index (χ1) is 13.7. The maximum absolute atomic E-state index is 12.9. The van der Waals surface area contributed by atoms with Crippen LogP contribution in [0.5, 0.6) is 0 Å². The van der Waals surface area contributed by atoms with Crippen molar-refractivity contribution < 1.29 is 22.4 Å². The molecule has 0 fully saturated rings. The molecule has 1 N–H and O–H groups in total. The van der Waals surface area contributed by atoms with E-state index >= 15 is 0 Å². The number of sulfonamides is 1. The van der Waals surface area contributed by atoms with Crippen molar-refractivity contribution in [2.45, 2.75) is 24.7 Å². The molecule has 154 valence electrons. The van der Waals surface area contributed by atoms with Gasteiger partial charge in [-0.3, -0.25) is 9.59 Å². The predicted octanol–water partition coefficient (Wildman–Crippen LogP) is 2.38. The van der Waals surface area contributed by atoms with Crippen LogP contribution in [-0.4, -0.2) is 44.7 Å². The van der Waals surface area contributed by atoms with Gasteiger partial charge in [-0.05, 0) is 60.9 Å². The summed E-state index contributed by atoms with van der Waals surface area (Å²) in [7, 11) is -2.57. The Kier molecular flexibility index (Phi) is 5.99. The van der Waals surface area contributed by atoms with E-state index in [1.54, 1.807) is 17.0 Å². The summed E-state index contributed by atoms with van der Waals surface area (Å²) in [4.78, 5) is 25.7. The summed E-state index contributed by atoms with van der Waals surface area (Å²) in [5.74, 6) is -1.06. The highest BCUT2D eigenvalue weighted by Crippen LogP contribution is 2.30. The van der Waals surface area contributed by atoms with Crippen LogP contribution in [0.1, 0.15) is 18.9 Å². The number of halogens is 1. The van der Waals surface area contributed by atoms with E-state index in [2.05, 4.69) is 5.32 Å². The maximum atomic E-state index is 12.9. The van der Waals surface area contributed by atoms with Gasteiger partial charge in [0.2, 0.25) is 21.8 Å². The average Bonchev–Trinajstić information content (AvgIpc) is 2.68. The fourth-order valence-corrected chi connectivity index (χ4v) is 4.44. The minimum absolute atomic E-state index is 0.0683. The Morgan fingerprint density at radius 2 is 1.86 bits per heavy atom. The quantitative estimate of drug-likeness (QED) is 0.806. The van der Waals surface area contributed by atoms with Crippen molar-refractivity contribution in [3.63, 3.8) is 0 Å². The molecular weight excluding hydrogens is 397 g/mol. The van der Waals surface area contributed by atoms with Crippen LogP contribution in [0.3, 0.4) is 0 Å². The lowest BCUT2D eigenvalue weighted by Gasteiger charge is -2.29. The molecule has 1 aliphatic heterocycles. The SMILES string of the molecule is CC(=O)N1CCCc2cc(S(=O)(=O)N(C)CC(=O)Nc3ccc(F)cc3)ccc21. The summed E-state index contributed by atoms with van der Waals surface area (Å²) in [6, 6.07) is 9.84.